The standard InChI is InChI=1S/C20H30O4/c1-3-5-6-7-8-9-10-11-17-12-14-18(15-13-17)20(23,16-21)24-19(22)4-2/h4,12-15,21,23H,2-3,5-11,16H2,1H3. The number of esters is 1. The predicted molar refractivity (Wildman–Crippen MR) is 95.4 cm³/mol. The number of ether oxygens (including phenoxy) is 1. The Hall–Kier alpha value is -1.65. The van der Waals surface area contributed by atoms with E-state index in [0.717, 1.165) is 18.9 Å². The van der Waals surface area contributed by atoms with Gasteiger partial charge in [0.05, 0.1) is 0 Å². The van der Waals surface area contributed by atoms with Crippen LogP contribution in [0.15, 0.2) is 36.9 Å². The van der Waals surface area contributed by atoms with E-state index in [0.29, 0.717) is 5.56 Å². The summed E-state index contributed by atoms with van der Waals surface area (Å²) in [5, 5.41) is 19.6. The normalized spacial score (nSPS) is 13.3. The fourth-order valence-corrected chi connectivity index (χ4v) is 2.61. The van der Waals surface area contributed by atoms with Crippen LogP contribution in [0.4, 0.5) is 0 Å². The molecule has 4 nitrogen and oxygen atoms in total. The molecule has 0 saturated carbocycles. The van der Waals surface area contributed by atoms with Gasteiger partial charge in [-0.1, -0.05) is 76.3 Å². The summed E-state index contributed by atoms with van der Waals surface area (Å²) in [6, 6.07) is 7.16. The van der Waals surface area contributed by atoms with Gasteiger partial charge in [0, 0.05) is 11.6 Å². The smallest absolute Gasteiger partial charge is 0.333 e. The van der Waals surface area contributed by atoms with Crippen LogP contribution in [0.2, 0.25) is 0 Å². The zero-order chi connectivity index (χ0) is 17.8. The highest BCUT2D eigenvalue weighted by Crippen LogP contribution is 2.23. The Balaban J connectivity index is 2.46. The first kappa shape index (κ1) is 20.4. The van der Waals surface area contributed by atoms with E-state index < -0.39 is 18.4 Å². The number of aliphatic hydroxyl groups excluding tert-OH is 1. The number of rotatable bonds is 12. The summed E-state index contributed by atoms with van der Waals surface area (Å²) in [6.07, 6.45) is 10.8. The van der Waals surface area contributed by atoms with Crippen molar-refractivity contribution in [3.8, 4) is 0 Å². The molecule has 0 bridgehead atoms. The Morgan fingerprint density at radius 2 is 1.71 bits per heavy atom. The van der Waals surface area contributed by atoms with Crippen molar-refractivity contribution < 1.29 is 19.7 Å². The summed E-state index contributed by atoms with van der Waals surface area (Å²) < 4.78 is 4.86. The average Bonchev–Trinajstić information content (AvgIpc) is 2.61. The lowest BCUT2D eigenvalue weighted by Gasteiger charge is -2.25. The fraction of sp³-hybridized carbons (Fsp3) is 0.550. The Labute approximate surface area is 145 Å². The van der Waals surface area contributed by atoms with E-state index in [-0.39, 0.29) is 0 Å². The van der Waals surface area contributed by atoms with E-state index in [1.54, 1.807) is 12.1 Å². The van der Waals surface area contributed by atoms with E-state index >= 15 is 0 Å². The first-order chi connectivity index (χ1) is 11.6. The van der Waals surface area contributed by atoms with Gasteiger partial charge < -0.3 is 14.9 Å². The minimum atomic E-state index is -2.02. The third-order valence-corrected chi connectivity index (χ3v) is 4.12. The van der Waals surface area contributed by atoms with E-state index in [4.69, 9.17) is 4.74 Å². The SMILES string of the molecule is C=CC(=O)OC(O)(CO)c1ccc(CCCCCCCCC)cc1. The monoisotopic (exact) mass is 334 g/mol. The highest BCUT2D eigenvalue weighted by atomic mass is 16.7. The van der Waals surface area contributed by atoms with E-state index in [2.05, 4.69) is 13.5 Å². The minimum Gasteiger partial charge on any atom is -0.423 e. The highest BCUT2D eigenvalue weighted by Gasteiger charge is 2.32. The largest absolute Gasteiger partial charge is 0.423 e. The number of aliphatic hydroxyl groups is 2. The number of hydrogen-bond acceptors (Lipinski definition) is 4. The van der Waals surface area contributed by atoms with Gasteiger partial charge in [-0.25, -0.2) is 4.79 Å². The summed E-state index contributed by atoms with van der Waals surface area (Å²) in [6.45, 7) is 4.80. The van der Waals surface area contributed by atoms with E-state index in [9.17, 15) is 15.0 Å². The van der Waals surface area contributed by atoms with Crippen LogP contribution in [-0.2, 0) is 21.7 Å². The van der Waals surface area contributed by atoms with Crippen LogP contribution in [0.5, 0.6) is 0 Å². The predicted octanol–water partition coefficient (Wildman–Crippen LogP) is 3.85. The molecule has 4 heteroatoms. The maximum Gasteiger partial charge on any atom is 0.333 e. The van der Waals surface area contributed by atoms with Gasteiger partial charge in [-0.3, -0.25) is 0 Å². The Kier molecular flexibility index (Phi) is 9.35. The van der Waals surface area contributed by atoms with Crippen LogP contribution < -0.4 is 0 Å². The quantitative estimate of drug-likeness (QED) is 0.264. The first-order valence-corrected chi connectivity index (χ1v) is 8.83. The van der Waals surface area contributed by atoms with Gasteiger partial charge in [0.1, 0.15) is 6.61 Å². The molecule has 0 radical (unpaired) electrons. The second-order valence-electron chi connectivity index (χ2n) is 6.14. The molecular weight excluding hydrogens is 304 g/mol. The van der Waals surface area contributed by atoms with Gasteiger partial charge in [-0.05, 0) is 18.4 Å². The summed E-state index contributed by atoms with van der Waals surface area (Å²) in [4.78, 5) is 11.3. The van der Waals surface area contributed by atoms with Crippen LogP contribution in [-0.4, -0.2) is 22.8 Å². The molecule has 1 aromatic carbocycles. The second kappa shape index (κ2) is 11.0. The number of aryl methyl sites for hydroxylation is 1. The molecule has 0 aliphatic heterocycles. The molecule has 0 heterocycles. The van der Waals surface area contributed by atoms with Crippen LogP contribution in [0.3, 0.4) is 0 Å². The lowest BCUT2D eigenvalue weighted by molar-refractivity contribution is -0.225. The van der Waals surface area contributed by atoms with Crippen molar-refractivity contribution in [3.05, 3.63) is 48.0 Å². The summed E-state index contributed by atoms with van der Waals surface area (Å²) in [5.74, 6) is -2.80. The van der Waals surface area contributed by atoms with E-state index in [1.165, 1.54) is 44.1 Å². The number of unbranched alkanes of at least 4 members (excludes halogenated alkanes) is 6. The molecule has 1 aromatic rings. The molecule has 0 amide bonds. The van der Waals surface area contributed by atoms with Gasteiger partial charge >= 0.3 is 5.97 Å². The van der Waals surface area contributed by atoms with Gasteiger partial charge in [0.15, 0.2) is 0 Å². The lowest BCUT2D eigenvalue weighted by atomic mass is 10.0. The fourth-order valence-electron chi connectivity index (χ4n) is 2.61. The molecular formula is C20H30O4. The van der Waals surface area contributed by atoms with Crippen molar-refractivity contribution >= 4 is 5.97 Å². The Bertz CT molecular complexity index is 495. The van der Waals surface area contributed by atoms with Crippen LogP contribution in [0, 0.1) is 0 Å². The molecule has 0 spiro atoms. The molecule has 0 fully saturated rings. The number of hydrogen-bond donors (Lipinski definition) is 2. The van der Waals surface area contributed by atoms with Crippen molar-refractivity contribution in [2.75, 3.05) is 6.61 Å². The van der Waals surface area contributed by atoms with Crippen molar-refractivity contribution in [2.24, 2.45) is 0 Å². The molecule has 2 N–H and O–H groups in total. The topological polar surface area (TPSA) is 66.8 Å². The lowest BCUT2D eigenvalue weighted by Crippen LogP contribution is -2.35. The molecule has 0 aromatic heterocycles. The van der Waals surface area contributed by atoms with E-state index in [1.807, 2.05) is 12.1 Å². The maximum atomic E-state index is 11.3. The van der Waals surface area contributed by atoms with Crippen molar-refractivity contribution in [2.45, 2.75) is 64.1 Å². The Morgan fingerprint density at radius 3 is 2.25 bits per heavy atom. The van der Waals surface area contributed by atoms with Gasteiger partial charge in [0.2, 0.25) is 0 Å². The molecule has 1 unspecified atom stereocenters. The van der Waals surface area contributed by atoms with Crippen molar-refractivity contribution in [1.82, 2.24) is 0 Å². The molecule has 24 heavy (non-hydrogen) atoms. The molecule has 0 aliphatic carbocycles. The summed E-state index contributed by atoms with van der Waals surface area (Å²) in [5.41, 5.74) is 1.52. The van der Waals surface area contributed by atoms with Gasteiger partial charge in [0.25, 0.3) is 5.79 Å². The third kappa shape index (κ3) is 6.85. The zero-order valence-electron chi connectivity index (χ0n) is 14.7. The van der Waals surface area contributed by atoms with Crippen LogP contribution in [0.25, 0.3) is 0 Å². The van der Waals surface area contributed by atoms with Crippen LogP contribution >= 0.6 is 0 Å². The van der Waals surface area contributed by atoms with Crippen molar-refractivity contribution in [3.63, 3.8) is 0 Å². The third-order valence-electron chi connectivity index (χ3n) is 4.12. The molecule has 0 aliphatic rings. The van der Waals surface area contributed by atoms with Crippen molar-refractivity contribution in [1.29, 1.82) is 0 Å². The second-order valence-corrected chi connectivity index (χ2v) is 6.14. The minimum absolute atomic E-state index is 0.350. The highest BCUT2D eigenvalue weighted by molar-refractivity contribution is 5.81. The van der Waals surface area contributed by atoms with Gasteiger partial charge in [-0.15, -0.1) is 0 Å². The zero-order valence-corrected chi connectivity index (χ0v) is 14.7. The summed E-state index contributed by atoms with van der Waals surface area (Å²) >= 11 is 0. The molecule has 134 valence electrons. The molecule has 1 atom stereocenters. The van der Waals surface area contributed by atoms with Crippen LogP contribution in [0.1, 0.15) is 63.0 Å². The van der Waals surface area contributed by atoms with Gasteiger partial charge in [-0.2, -0.15) is 0 Å². The number of benzene rings is 1. The number of carbonyl (C=O) groups is 1. The molecule has 1 rings (SSSR count). The number of carbonyl (C=O) groups excluding carboxylic acids is 1. The Morgan fingerprint density at radius 1 is 1.12 bits per heavy atom. The maximum absolute atomic E-state index is 11.3. The summed E-state index contributed by atoms with van der Waals surface area (Å²) in [7, 11) is 0. The molecule has 0 saturated heterocycles. The average molecular weight is 334 g/mol. The first-order valence-electron chi connectivity index (χ1n) is 8.83.